The highest BCUT2D eigenvalue weighted by Crippen LogP contribution is 2.37. The number of fused-ring (bicyclic) bond motifs is 1. The largest absolute Gasteiger partial charge is 0.491 e. The Balaban J connectivity index is 1.92. The van der Waals surface area contributed by atoms with Gasteiger partial charge in [0.05, 0.1) is 17.7 Å². The third-order valence-corrected chi connectivity index (χ3v) is 3.91. The smallest absolute Gasteiger partial charge is 0.423 e. The lowest BCUT2D eigenvalue weighted by Gasteiger charge is -2.15. The van der Waals surface area contributed by atoms with Crippen molar-refractivity contribution in [1.29, 1.82) is 0 Å². The summed E-state index contributed by atoms with van der Waals surface area (Å²) in [6.07, 6.45) is -10.0. The summed E-state index contributed by atoms with van der Waals surface area (Å²) in [5.41, 5.74) is -2.77. The average molecular weight is 389 g/mol. The molecule has 27 heavy (non-hydrogen) atoms. The van der Waals surface area contributed by atoms with Crippen LogP contribution in [0.3, 0.4) is 0 Å². The number of nitrogens with one attached hydrogen (secondary N) is 1. The van der Waals surface area contributed by atoms with Gasteiger partial charge >= 0.3 is 19.5 Å². The fourth-order valence-corrected chi connectivity index (χ4v) is 2.60. The molecule has 1 amide bonds. The number of rotatable bonds is 2. The van der Waals surface area contributed by atoms with Gasteiger partial charge in [0.25, 0.3) is 5.91 Å². The second-order valence-corrected chi connectivity index (χ2v) is 5.83. The minimum Gasteiger partial charge on any atom is -0.423 e. The molecule has 0 saturated heterocycles. The number of halogens is 6. The SMILES string of the molecule is O=C(Nc1cc(C(F)(F)F)cc(C(F)(F)F)c1)c1ccc2c(c1)COB2O. The van der Waals surface area contributed by atoms with E-state index in [1.165, 1.54) is 18.2 Å². The summed E-state index contributed by atoms with van der Waals surface area (Å²) in [4.78, 5) is 12.2. The first-order valence-electron chi connectivity index (χ1n) is 7.48. The van der Waals surface area contributed by atoms with Gasteiger partial charge in [0.2, 0.25) is 0 Å². The van der Waals surface area contributed by atoms with Crippen molar-refractivity contribution in [3.8, 4) is 0 Å². The first kappa shape index (κ1) is 19.2. The maximum atomic E-state index is 12.9. The molecule has 0 radical (unpaired) electrons. The van der Waals surface area contributed by atoms with Crippen LogP contribution in [0.5, 0.6) is 0 Å². The van der Waals surface area contributed by atoms with Gasteiger partial charge in [-0.25, -0.2) is 0 Å². The van der Waals surface area contributed by atoms with Crippen molar-refractivity contribution in [1.82, 2.24) is 0 Å². The molecule has 142 valence electrons. The van der Waals surface area contributed by atoms with Crippen LogP contribution in [0.15, 0.2) is 36.4 Å². The predicted molar refractivity (Wildman–Crippen MR) is 83.2 cm³/mol. The summed E-state index contributed by atoms with van der Waals surface area (Å²) in [7, 11) is -1.14. The van der Waals surface area contributed by atoms with Crippen molar-refractivity contribution < 1.29 is 40.8 Å². The lowest BCUT2D eigenvalue weighted by Crippen LogP contribution is -2.28. The highest BCUT2D eigenvalue weighted by molar-refractivity contribution is 6.61. The Bertz CT molecular complexity index is 864. The fourth-order valence-electron chi connectivity index (χ4n) is 2.60. The quantitative estimate of drug-likeness (QED) is 0.613. The summed E-state index contributed by atoms with van der Waals surface area (Å²) in [6, 6.07) is 4.85. The van der Waals surface area contributed by atoms with E-state index in [-0.39, 0.29) is 18.2 Å². The molecule has 0 aliphatic carbocycles. The van der Waals surface area contributed by atoms with Crippen molar-refractivity contribution in [3.05, 3.63) is 58.7 Å². The Morgan fingerprint density at radius 3 is 2.15 bits per heavy atom. The van der Waals surface area contributed by atoms with Crippen LogP contribution >= 0.6 is 0 Å². The second kappa shape index (κ2) is 6.57. The maximum absolute atomic E-state index is 12.9. The van der Waals surface area contributed by atoms with Crippen LogP contribution in [0.1, 0.15) is 27.0 Å². The third kappa shape index (κ3) is 4.09. The van der Waals surface area contributed by atoms with Gasteiger partial charge in [-0.05, 0) is 41.4 Å². The van der Waals surface area contributed by atoms with Crippen molar-refractivity contribution in [2.75, 3.05) is 5.32 Å². The monoisotopic (exact) mass is 389 g/mol. The van der Waals surface area contributed by atoms with Crippen LogP contribution in [0.4, 0.5) is 32.0 Å². The molecule has 1 heterocycles. The van der Waals surface area contributed by atoms with E-state index in [2.05, 4.69) is 0 Å². The Hall–Kier alpha value is -2.53. The van der Waals surface area contributed by atoms with E-state index >= 15 is 0 Å². The van der Waals surface area contributed by atoms with E-state index < -0.39 is 42.2 Å². The summed E-state index contributed by atoms with van der Waals surface area (Å²) in [5.74, 6) is -0.897. The number of benzene rings is 2. The van der Waals surface area contributed by atoms with Gasteiger partial charge in [0.15, 0.2) is 0 Å². The lowest BCUT2D eigenvalue weighted by molar-refractivity contribution is -0.143. The number of amides is 1. The van der Waals surface area contributed by atoms with E-state index in [1.54, 1.807) is 0 Å². The zero-order chi connectivity index (χ0) is 20.0. The number of carbonyl (C=O) groups is 1. The minimum absolute atomic E-state index is 0.00239. The predicted octanol–water partition coefficient (Wildman–Crippen LogP) is 3.19. The minimum atomic E-state index is -5.01. The molecule has 1 aliphatic rings. The van der Waals surface area contributed by atoms with E-state index in [0.29, 0.717) is 23.2 Å². The molecule has 0 fully saturated rings. The highest BCUT2D eigenvalue weighted by atomic mass is 19.4. The molecule has 0 spiro atoms. The van der Waals surface area contributed by atoms with Gasteiger partial charge in [0.1, 0.15) is 0 Å². The molecule has 0 atom stereocenters. The van der Waals surface area contributed by atoms with Crippen molar-refractivity contribution in [3.63, 3.8) is 0 Å². The Labute approximate surface area is 148 Å². The zero-order valence-corrected chi connectivity index (χ0v) is 13.3. The molecule has 2 aromatic rings. The van der Waals surface area contributed by atoms with Crippen LogP contribution in [-0.4, -0.2) is 18.0 Å². The maximum Gasteiger partial charge on any atom is 0.491 e. The summed E-state index contributed by atoms with van der Waals surface area (Å²) in [6.45, 7) is 0.0272. The molecule has 2 aromatic carbocycles. The second-order valence-electron chi connectivity index (χ2n) is 5.83. The molecular weight excluding hydrogens is 379 g/mol. The Morgan fingerprint density at radius 2 is 1.59 bits per heavy atom. The fraction of sp³-hybridized carbons (Fsp3) is 0.188. The molecule has 0 saturated carbocycles. The molecule has 11 heteroatoms. The molecule has 2 N–H and O–H groups in total. The molecular formula is C16H10BF6NO3. The first-order chi connectivity index (χ1) is 12.4. The molecule has 1 aliphatic heterocycles. The van der Waals surface area contributed by atoms with E-state index in [0.717, 1.165) is 0 Å². The molecule has 4 nitrogen and oxygen atoms in total. The highest BCUT2D eigenvalue weighted by Gasteiger charge is 2.37. The number of anilines is 1. The number of carbonyl (C=O) groups excluding carboxylic acids is 1. The third-order valence-electron chi connectivity index (χ3n) is 3.91. The van der Waals surface area contributed by atoms with Gasteiger partial charge in [-0.3, -0.25) is 4.79 Å². The molecule has 3 rings (SSSR count). The van der Waals surface area contributed by atoms with Crippen LogP contribution in [-0.2, 0) is 23.6 Å². The van der Waals surface area contributed by atoms with Gasteiger partial charge in [-0.2, -0.15) is 26.3 Å². The number of hydrogen-bond acceptors (Lipinski definition) is 3. The van der Waals surface area contributed by atoms with Crippen molar-refractivity contribution >= 4 is 24.2 Å². The summed E-state index contributed by atoms with van der Waals surface area (Å²) < 4.78 is 82.1. The van der Waals surface area contributed by atoms with Crippen LogP contribution < -0.4 is 10.8 Å². The van der Waals surface area contributed by atoms with E-state index in [9.17, 15) is 36.2 Å². The Kier molecular flexibility index (Phi) is 4.68. The topological polar surface area (TPSA) is 58.6 Å². The zero-order valence-electron chi connectivity index (χ0n) is 13.3. The van der Waals surface area contributed by atoms with E-state index in [1.807, 2.05) is 5.32 Å². The first-order valence-corrected chi connectivity index (χ1v) is 7.48. The van der Waals surface area contributed by atoms with Crippen molar-refractivity contribution in [2.24, 2.45) is 0 Å². The molecule has 0 bridgehead atoms. The van der Waals surface area contributed by atoms with Gasteiger partial charge in [-0.1, -0.05) is 6.07 Å². The van der Waals surface area contributed by atoms with Gasteiger partial charge in [0, 0.05) is 11.3 Å². The van der Waals surface area contributed by atoms with E-state index in [4.69, 9.17) is 4.65 Å². The van der Waals surface area contributed by atoms with Crippen LogP contribution in [0, 0.1) is 0 Å². The summed E-state index contributed by atoms with van der Waals surface area (Å²) >= 11 is 0. The van der Waals surface area contributed by atoms with Gasteiger partial charge < -0.3 is 15.0 Å². The standard InChI is InChI=1S/C16H10BF6NO3/c18-15(19,20)10-4-11(16(21,22)23)6-12(5-10)24-14(25)8-1-2-13-9(3-8)7-27-17(13)26/h1-6,26H,7H2,(H,24,25). The normalized spacial score (nSPS) is 14.3. The molecule has 0 aromatic heterocycles. The lowest BCUT2D eigenvalue weighted by atomic mass is 9.79. The van der Waals surface area contributed by atoms with Gasteiger partial charge in [-0.15, -0.1) is 0 Å². The number of hydrogen-bond donors (Lipinski definition) is 2. The molecule has 0 unspecified atom stereocenters. The average Bonchev–Trinajstić information content (AvgIpc) is 2.93. The Morgan fingerprint density at radius 1 is 1.00 bits per heavy atom. The summed E-state index contributed by atoms with van der Waals surface area (Å²) in [5, 5.41) is 11.6. The number of alkyl halides is 6. The van der Waals surface area contributed by atoms with Crippen LogP contribution in [0.2, 0.25) is 0 Å². The van der Waals surface area contributed by atoms with Crippen molar-refractivity contribution in [2.45, 2.75) is 19.0 Å². The van der Waals surface area contributed by atoms with Crippen LogP contribution in [0.25, 0.3) is 0 Å².